The monoisotopic (exact) mass is 283 g/mol. The van der Waals surface area contributed by atoms with Gasteiger partial charge in [-0.1, -0.05) is 29.8 Å². The largest absolute Gasteiger partial charge is 0.314 e. The second-order valence-corrected chi connectivity index (χ2v) is 6.33. The van der Waals surface area contributed by atoms with Gasteiger partial charge in [0, 0.05) is 5.75 Å². The van der Waals surface area contributed by atoms with E-state index in [0.29, 0.717) is 0 Å². The topological polar surface area (TPSA) is 29.9 Å². The van der Waals surface area contributed by atoms with Crippen molar-refractivity contribution in [1.29, 1.82) is 0 Å². The molecular weight excluding hydrogens is 264 g/mol. The van der Waals surface area contributed by atoms with Crippen molar-refractivity contribution in [3.8, 4) is 0 Å². The number of thioether (sulfide) groups is 1. The van der Waals surface area contributed by atoms with Gasteiger partial charge in [-0.05, 0) is 61.4 Å². The fourth-order valence-electron chi connectivity index (χ4n) is 2.32. The van der Waals surface area contributed by atoms with E-state index in [1.54, 1.807) is 0 Å². The Balaban J connectivity index is 1.81. The number of aromatic amines is 2. The van der Waals surface area contributed by atoms with Crippen LogP contribution < -0.4 is 4.98 Å². The van der Waals surface area contributed by atoms with Crippen molar-refractivity contribution < 1.29 is 4.98 Å². The van der Waals surface area contributed by atoms with Crippen molar-refractivity contribution in [2.24, 2.45) is 0 Å². The highest BCUT2D eigenvalue weighted by atomic mass is 32.2. The molecule has 0 aliphatic carbocycles. The first-order valence-electron chi connectivity index (χ1n) is 6.82. The number of benzene rings is 2. The molecule has 2 N–H and O–H groups in total. The number of fused-ring (bicyclic) bond motifs is 1. The third kappa shape index (κ3) is 2.73. The summed E-state index contributed by atoms with van der Waals surface area (Å²) in [6, 6.07) is 13.1. The third-order valence-corrected chi connectivity index (χ3v) is 4.50. The van der Waals surface area contributed by atoms with Gasteiger partial charge in [-0.15, -0.1) is 0 Å². The highest BCUT2D eigenvalue weighted by molar-refractivity contribution is 7.98. The fourth-order valence-corrected chi connectivity index (χ4v) is 3.30. The van der Waals surface area contributed by atoms with E-state index in [1.807, 2.05) is 11.8 Å². The van der Waals surface area contributed by atoms with Crippen molar-refractivity contribution in [3.05, 3.63) is 58.7 Å². The molecular formula is C17H19N2S+. The van der Waals surface area contributed by atoms with Gasteiger partial charge in [-0.2, -0.15) is 0 Å². The number of aromatic nitrogens is 2. The Hall–Kier alpha value is -1.74. The Morgan fingerprint density at radius 1 is 1.00 bits per heavy atom. The smallest absolute Gasteiger partial charge is 0.231 e. The summed E-state index contributed by atoms with van der Waals surface area (Å²) in [6.07, 6.45) is 0. The molecule has 1 heterocycles. The van der Waals surface area contributed by atoms with Crippen molar-refractivity contribution >= 4 is 22.8 Å². The molecule has 0 saturated carbocycles. The van der Waals surface area contributed by atoms with Crippen LogP contribution in [0.3, 0.4) is 0 Å². The molecule has 0 aliphatic rings. The number of imidazole rings is 1. The highest BCUT2D eigenvalue weighted by Gasteiger charge is 2.11. The molecule has 3 heteroatoms. The molecule has 3 aromatic rings. The van der Waals surface area contributed by atoms with Crippen LogP contribution in [0.5, 0.6) is 0 Å². The summed E-state index contributed by atoms with van der Waals surface area (Å²) in [5.41, 5.74) is 7.70. The summed E-state index contributed by atoms with van der Waals surface area (Å²) >= 11 is 1.82. The van der Waals surface area contributed by atoms with Crippen molar-refractivity contribution in [2.75, 3.05) is 0 Å². The van der Waals surface area contributed by atoms with Gasteiger partial charge >= 0.3 is 5.16 Å². The molecule has 3 rings (SSSR count). The normalized spacial score (nSPS) is 11.2. The van der Waals surface area contributed by atoms with Gasteiger partial charge in [0.2, 0.25) is 0 Å². The van der Waals surface area contributed by atoms with E-state index in [-0.39, 0.29) is 0 Å². The van der Waals surface area contributed by atoms with Gasteiger partial charge in [0.05, 0.1) is 0 Å². The molecule has 1 aromatic heterocycles. The minimum Gasteiger partial charge on any atom is -0.231 e. The Bertz CT molecular complexity index is 759. The first-order chi connectivity index (χ1) is 9.61. The van der Waals surface area contributed by atoms with E-state index in [1.165, 1.54) is 33.3 Å². The highest BCUT2D eigenvalue weighted by Crippen LogP contribution is 2.23. The lowest BCUT2D eigenvalue weighted by molar-refractivity contribution is -0.396. The quantitative estimate of drug-likeness (QED) is 0.717. The van der Waals surface area contributed by atoms with Crippen LogP contribution in [0.1, 0.15) is 22.3 Å². The van der Waals surface area contributed by atoms with Crippen LogP contribution >= 0.6 is 11.8 Å². The molecule has 0 unspecified atom stereocenters. The van der Waals surface area contributed by atoms with Crippen LogP contribution in [-0.2, 0) is 5.75 Å². The molecule has 0 radical (unpaired) electrons. The lowest BCUT2D eigenvalue weighted by atomic mass is 10.1. The Morgan fingerprint density at radius 3 is 2.60 bits per heavy atom. The van der Waals surface area contributed by atoms with Gasteiger partial charge in [0.15, 0.2) is 11.0 Å². The summed E-state index contributed by atoms with van der Waals surface area (Å²) in [5, 5.41) is 1.12. The van der Waals surface area contributed by atoms with Crippen LogP contribution in [0.2, 0.25) is 0 Å². The van der Waals surface area contributed by atoms with Crippen LogP contribution in [0, 0.1) is 20.8 Å². The maximum absolute atomic E-state index is 3.45. The van der Waals surface area contributed by atoms with Crippen LogP contribution in [0.15, 0.2) is 41.6 Å². The molecule has 0 fully saturated rings. The molecule has 0 amide bonds. The van der Waals surface area contributed by atoms with E-state index in [4.69, 9.17) is 0 Å². The van der Waals surface area contributed by atoms with Crippen LogP contribution in [-0.4, -0.2) is 4.98 Å². The predicted molar refractivity (Wildman–Crippen MR) is 85.1 cm³/mol. The average molecular weight is 283 g/mol. The fraction of sp³-hybridized carbons (Fsp3) is 0.235. The van der Waals surface area contributed by atoms with Crippen molar-refractivity contribution in [3.63, 3.8) is 0 Å². The van der Waals surface area contributed by atoms with Gasteiger partial charge in [0.25, 0.3) is 0 Å². The van der Waals surface area contributed by atoms with E-state index in [9.17, 15) is 0 Å². The summed E-state index contributed by atoms with van der Waals surface area (Å²) in [7, 11) is 0. The summed E-state index contributed by atoms with van der Waals surface area (Å²) in [4.78, 5) is 6.88. The number of nitrogens with one attached hydrogen (secondary N) is 2. The zero-order valence-corrected chi connectivity index (χ0v) is 12.9. The summed E-state index contributed by atoms with van der Waals surface area (Å²) in [5.74, 6) is 0.982. The summed E-state index contributed by atoms with van der Waals surface area (Å²) < 4.78 is 0. The maximum Gasteiger partial charge on any atom is 0.314 e. The molecule has 0 aliphatic heterocycles. The predicted octanol–water partition coefficient (Wildman–Crippen LogP) is 4.20. The minimum absolute atomic E-state index is 0.982. The number of H-pyrrole nitrogens is 2. The van der Waals surface area contributed by atoms with E-state index in [0.717, 1.165) is 10.9 Å². The maximum atomic E-state index is 3.45. The molecule has 0 bridgehead atoms. The number of hydrogen-bond acceptors (Lipinski definition) is 1. The first-order valence-corrected chi connectivity index (χ1v) is 7.81. The Labute approximate surface area is 123 Å². The second-order valence-electron chi connectivity index (χ2n) is 5.35. The van der Waals surface area contributed by atoms with Crippen molar-refractivity contribution in [2.45, 2.75) is 31.7 Å². The molecule has 2 aromatic carbocycles. The molecule has 2 nitrogen and oxygen atoms in total. The standard InChI is InChI=1S/C17H18N2S/c1-11-4-6-13(3)14(8-11)10-20-17-18-15-7-5-12(2)9-16(15)19-17/h4-9H,10H2,1-3H3,(H,18,19)/p+1. The lowest BCUT2D eigenvalue weighted by Gasteiger charge is -2.04. The number of aryl methyl sites for hydroxylation is 3. The SMILES string of the molecule is Cc1ccc(C)c(CSc2[nH]c3cc(C)ccc3[nH+]2)c1. The van der Waals surface area contributed by atoms with Crippen LogP contribution in [0.25, 0.3) is 11.0 Å². The molecule has 20 heavy (non-hydrogen) atoms. The Kier molecular flexibility index (Phi) is 3.53. The molecule has 0 saturated heterocycles. The molecule has 0 atom stereocenters. The third-order valence-electron chi connectivity index (χ3n) is 3.55. The first kappa shape index (κ1) is 13.3. The zero-order chi connectivity index (χ0) is 14.1. The van der Waals surface area contributed by atoms with E-state index in [2.05, 4.69) is 67.1 Å². The van der Waals surface area contributed by atoms with Gasteiger partial charge in [-0.25, -0.2) is 9.97 Å². The zero-order valence-electron chi connectivity index (χ0n) is 12.1. The Morgan fingerprint density at radius 2 is 1.75 bits per heavy atom. The van der Waals surface area contributed by atoms with Gasteiger partial charge in [0.1, 0.15) is 0 Å². The second kappa shape index (κ2) is 5.33. The molecule has 102 valence electrons. The van der Waals surface area contributed by atoms with E-state index < -0.39 is 0 Å². The van der Waals surface area contributed by atoms with E-state index >= 15 is 0 Å². The number of rotatable bonds is 3. The van der Waals surface area contributed by atoms with Gasteiger partial charge in [-0.3, -0.25) is 0 Å². The number of hydrogen-bond donors (Lipinski definition) is 1. The van der Waals surface area contributed by atoms with Crippen molar-refractivity contribution in [1.82, 2.24) is 4.98 Å². The molecule has 0 spiro atoms. The summed E-state index contributed by atoms with van der Waals surface area (Å²) in [6.45, 7) is 6.43. The minimum atomic E-state index is 0.982. The van der Waals surface area contributed by atoms with Crippen LogP contribution in [0.4, 0.5) is 0 Å². The average Bonchev–Trinajstić information content (AvgIpc) is 2.81. The van der Waals surface area contributed by atoms with Gasteiger partial charge < -0.3 is 0 Å². The lowest BCUT2D eigenvalue weighted by Crippen LogP contribution is -2.01.